The summed E-state index contributed by atoms with van der Waals surface area (Å²) in [5.41, 5.74) is 1.78. The fourth-order valence-electron chi connectivity index (χ4n) is 3.37. The molecule has 3 rings (SSSR count). The van der Waals surface area contributed by atoms with Crippen molar-refractivity contribution in [3.8, 4) is 22.9 Å². The van der Waals surface area contributed by atoms with Gasteiger partial charge in [-0.15, -0.1) is 10.2 Å². The highest BCUT2D eigenvalue weighted by molar-refractivity contribution is 7.99. The zero-order valence-electron chi connectivity index (χ0n) is 19.7. The van der Waals surface area contributed by atoms with Crippen LogP contribution in [0.2, 0.25) is 0 Å². The molecule has 0 aliphatic heterocycles. The lowest BCUT2D eigenvalue weighted by molar-refractivity contribution is -0.113. The van der Waals surface area contributed by atoms with E-state index >= 15 is 0 Å². The van der Waals surface area contributed by atoms with Crippen LogP contribution in [0.5, 0.6) is 11.5 Å². The van der Waals surface area contributed by atoms with Crippen LogP contribution in [0.15, 0.2) is 47.6 Å². The zero-order chi connectivity index (χ0) is 24.5. The van der Waals surface area contributed by atoms with Crippen molar-refractivity contribution in [2.45, 2.75) is 25.0 Å². The minimum absolute atomic E-state index is 0.110. The predicted molar refractivity (Wildman–Crippen MR) is 131 cm³/mol. The van der Waals surface area contributed by atoms with Crippen molar-refractivity contribution in [3.05, 3.63) is 48.0 Å². The van der Waals surface area contributed by atoms with E-state index in [-0.39, 0.29) is 17.4 Å². The molecule has 3 aromatic rings. The second kappa shape index (κ2) is 12.2. The van der Waals surface area contributed by atoms with Gasteiger partial charge in [0, 0.05) is 31.4 Å². The third-order valence-electron chi connectivity index (χ3n) is 5.00. The molecular weight excluding hydrogens is 456 g/mol. The second-order valence-corrected chi connectivity index (χ2v) is 8.26. The Balaban J connectivity index is 1.80. The Morgan fingerprint density at radius 3 is 2.50 bits per heavy atom. The molecule has 2 aromatic carbocycles. The van der Waals surface area contributed by atoms with Gasteiger partial charge in [-0.1, -0.05) is 23.9 Å². The van der Waals surface area contributed by atoms with E-state index in [4.69, 9.17) is 14.2 Å². The van der Waals surface area contributed by atoms with E-state index in [1.165, 1.54) is 18.7 Å². The summed E-state index contributed by atoms with van der Waals surface area (Å²) in [6.07, 6.45) is 0.751. The highest BCUT2D eigenvalue weighted by atomic mass is 32.2. The number of thioether (sulfide) groups is 1. The van der Waals surface area contributed by atoms with Crippen molar-refractivity contribution in [1.82, 2.24) is 14.8 Å². The number of carbonyl (C=O) groups is 2. The maximum Gasteiger partial charge on any atom is 0.234 e. The van der Waals surface area contributed by atoms with Crippen molar-refractivity contribution in [2.24, 2.45) is 0 Å². The number of nitrogens with zero attached hydrogens (tertiary/aromatic N) is 3. The van der Waals surface area contributed by atoms with Gasteiger partial charge in [-0.05, 0) is 43.7 Å². The van der Waals surface area contributed by atoms with Gasteiger partial charge < -0.3 is 24.1 Å². The van der Waals surface area contributed by atoms with Crippen LogP contribution in [0.4, 0.5) is 5.69 Å². The van der Waals surface area contributed by atoms with Gasteiger partial charge in [-0.25, -0.2) is 0 Å². The smallest absolute Gasteiger partial charge is 0.234 e. The number of ketones is 1. The van der Waals surface area contributed by atoms with Gasteiger partial charge in [0.15, 0.2) is 28.3 Å². The Hall–Kier alpha value is -3.37. The van der Waals surface area contributed by atoms with Crippen LogP contribution >= 0.6 is 11.8 Å². The Morgan fingerprint density at radius 1 is 1.03 bits per heavy atom. The van der Waals surface area contributed by atoms with Gasteiger partial charge >= 0.3 is 0 Å². The maximum absolute atomic E-state index is 12.6. The minimum Gasteiger partial charge on any atom is -0.493 e. The Labute approximate surface area is 202 Å². The van der Waals surface area contributed by atoms with Crippen LogP contribution in [-0.4, -0.2) is 60.1 Å². The summed E-state index contributed by atoms with van der Waals surface area (Å²) in [4.78, 5) is 24.4. The summed E-state index contributed by atoms with van der Waals surface area (Å²) >= 11 is 1.28. The number of aromatic nitrogens is 3. The fraction of sp³-hybridized carbons (Fsp3) is 0.333. The molecule has 0 radical (unpaired) electrons. The number of hydrogen-bond donors (Lipinski definition) is 1. The summed E-state index contributed by atoms with van der Waals surface area (Å²) < 4.78 is 17.9. The van der Waals surface area contributed by atoms with Crippen LogP contribution in [0.3, 0.4) is 0 Å². The first-order chi connectivity index (χ1) is 16.5. The molecule has 1 N–H and O–H groups in total. The molecule has 0 saturated heterocycles. The molecule has 0 aliphatic rings. The molecule has 0 bridgehead atoms. The molecule has 0 spiro atoms. The van der Waals surface area contributed by atoms with Gasteiger partial charge in [0.1, 0.15) is 0 Å². The van der Waals surface area contributed by atoms with E-state index in [0.717, 1.165) is 12.0 Å². The number of para-hydroxylation sites is 1. The molecule has 9 nitrogen and oxygen atoms in total. The number of amides is 1. The largest absolute Gasteiger partial charge is 0.493 e. The van der Waals surface area contributed by atoms with E-state index in [2.05, 4.69) is 15.5 Å². The normalized spacial score (nSPS) is 10.7. The van der Waals surface area contributed by atoms with Crippen LogP contribution in [0, 0.1) is 0 Å². The molecule has 10 heteroatoms. The number of carbonyl (C=O) groups excluding carboxylic acids is 2. The van der Waals surface area contributed by atoms with E-state index in [1.54, 1.807) is 45.6 Å². The molecule has 0 saturated carbocycles. The average molecular weight is 485 g/mol. The highest BCUT2D eigenvalue weighted by Crippen LogP contribution is 2.33. The number of ether oxygens (including phenoxy) is 3. The van der Waals surface area contributed by atoms with E-state index in [0.29, 0.717) is 46.9 Å². The molecule has 0 unspecified atom stereocenters. The first-order valence-corrected chi connectivity index (χ1v) is 11.6. The van der Waals surface area contributed by atoms with Gasteiger partial charge in [0.2, 0.25) is 5.91 Å². The number of anilines is 1. The molecule has 1 aromatic heterocycles. The van der Waals surface area contributed by atoms with Gasteiger partial charge in [0.25, 0.3) is 0 Å². The molecule has 180 valence electrons. The molecule has 0 fully saturated rings. The average Bonchev–Trinajstić information content (AvgIpc) is 3.25. The summed E-state index contributed by atoms with van der Waals surface area (Å²) in [7, 11) is 4.81. The van der Waals surface area contributed by atoms with Gasteiger partial charge in [-0.2, -0.15) is 0 Å². The lowest BCUT2D eigenvalue weighted by Gasteiger charge is -2.12. The fourth-order valence-corrected chi connectivity index (χ4v) is 4.13. The summed E-state index contributed by atoms with van der Waals surface area (Å²) in [5.74, 6) is 1.62. The van der Waals surface area contributed by atoms with Crippen LogP contribution < -0.4 is 14.8 Å². The summed E-state index contributed by atoms with van der Waals surface area (Å²) in [5, 5.41) is 12.1. The van der Waals surface area contributed by atoms with Crippen LogP contribution in [-0.2, 0) is 16.1 Å². The quantitative estimate of drug-likeness (QED) is 0.234. The second-order valence-electron chi connectivity index (χ2n) is 7.31. The number of hydrogen-bond acceptors (Lipinski definition) is 8. The third-order valence-corrected chi connectivity index (χ3v) is 5.97. The van der Waals surface area contributed by atoms with Gasteiger partial charge in [0.05, 0.1) is 25.7 Å². The summed E-state index contributed by atoms with van der Waals surface area (Å²) in [6.45, 7) is 2.66. The SMILES string of the molecule is COCCCn1c(SCC(=O)Nc2ccccc2C(C)=O)nnc1-c1ccc(OC)c(OC)c1. The van der Waals surface area contributed by atoms with E-state index < -0.39 is 0 Å². The molecule has 34 heavy (non-hydrogen) atoms. The monoisotopic (exact) mass is 484 g/mol. The van der Waals surface area contributed by atoms with Crippen LogP contribution in [0.1, 0.15) is 23.7 Å². The number of rotatable bonds is 12. The molecule has 1 heterocycles. The predicted octanol–water partition coefficient (Wildman–Crippen LogP) is 3.93. The Kier molecular flexibility index (Phi) is 9.06. The first kappa shape index (κ1) is 25.3. The van der Waals surface area contributed by atoms with Gasteiger partial charge in [-0.3, -0.25) is 9.59 Å². The Bertz CT molecular complexity index is 1150. The molecule has 1 amide bonds. The van der Waals surface area contributed by atoms with Crippen molar-refractivity contribution in [1.29, 1.82) is 0 Å². The van der Waals surface area contributed by atoms with Crippen molar-refractivity contribution in [2.75, 3.05) is 39.0 Å². The molecule has 0 atom stereocenters. The topological polar surface area (TPSA) is 105 Å². The minimum atomic E-state index is -0.238. The number of methoxy groups -OCH3 is 3. The van der Waals surface area contributed by atoms with E-state index in [1.807, 2.05) is 22.8 Å². The third kappa shape index (κ3) is 6.15. The first-order valence-electron chi connectivity index (χ1n) is 10.7. The van der Waals surface area contributed by atoms with Crippen molar-refractivity contribution < 1.29 is 23.8 Å². The lowest BCUT2D eigenvalue weighted by atomic mass is 10.1. The molecule has 0 aliphatic carbocycles. The standard InChI is InChI=1S/C24H28N4O5S/c1-16(29)18-8-5-6-9-19(18)25-22(30)15-34-24-27-26-23(28(24)12-7-13-31-2)17-10-11-20(32-3)21(14-17)33-4/h5-6,8-11,14H,7,12-13,15H2,1-4H3,(H,25,30). The highest BCUT2D eigenvalue weighted by Gasteiger charge is 2.18. The number of benzene rings is 2. The zero-order valence-corrected chi connectivity index (χ0v) is 20.5. The lowest BCUT2D eigenvalue weighted by Crippen LogP contribution is -2.16. The maximum atomic E-state index is 12.6. The molecular formula is C24H28N4O5S. The number of nitrogens with one attached hydrogen (secondary N) is 1. The van der Waals surface area contributed by atoms with Crippen molar-refractivity contribution >= 4 is 29.1 Å². The van der Waals surface area contributed by atoms with Crippen molar-refractivity contribution in [3.63, 3.8) is 0 Å². The Morgan fingerprint density at radius 2 is 1.79 bits per heavy atom. The summed E-state index contributed by atoms with van der Waals surface area (Å²) in [6, 6.07) is 12.5. The number of Topliss-reactive ketones (excluding diaryl/α,β-unsaturated/α-hetero) is 1. The van der Waals surface area contributed by atoms with E-state index in [9.17, 15) is 9.59 Å². The van der Waals surface area contributed by atoms with Crippen LogP contribution in [0.25, 0.3) is 11.4 Å².